The van der Waals surface area contributed by atoms with Crippen molar-refractivity contribution >= 4 is 11.8 Å². The maximum Gasteiger partial charge on any atom is 0.272 e. The monoisotopic (exact) mass is 413 g/mol. The Bertz CT molecular complexity index is 907. The predicted molar refractivity (Wildman–Crippen MR) is 110 cm³/mol. The number of fused-ring (bicyclic) bond motifs is 1. The van der Waals surface area contributed by atoms with Gasteiger partial charge in [-0.2, -0.15) is 5.10 Å². The number of benzene rings is 1. The molecule has 8 heteroatoms. The van der Waals surface area contributed by atoms with E-state index < -0.39 is 0 Å². The molecular weight excluding hydrogens is 385 g/mol. The van der Waals surface area contributed by atoms with Crippen molar-refractivity contribution in [2.75, 3.05) is 32.7 Å². The van der Waals surface area contributed by atoms with E-state index in [1.165, 1.54) is 25.3 Å². The van der Waals surface area contributed by atoms with Crippen molar-refractivity contribution < 1.29 is 14.0 Å². The minimum absolute atomic E-state index is 0.0278. The summed E-state index contributed by atoms with van der Waals surface area (Å²) in [7, 11) is 0. The molecule has 0 atom stereocenters. The lowest BCUT2D eigenvalue weighted by Gasteiger charge is -2.27. The number of carbonyl (C=O) groups excluding carboxylic acids is 2. The SMILES string of the molecule is O=C(NCCN1CCCCC1)c1n[nH]c2c1CCN(C(=O)Cc1ccccc1F)C2. The van der Waals surface area contributed by atoms with Crippen LogP contribution in [0, 0.1) is 5.82 Å². The Morgan fingerprint density at radius 3 is 2.73 bits per heavy atom. The Morgan fingerprint density at radius 2 is 1.93 bits per heavy atom. The molecule has 3 heterocycles. The summed E-state index contributed by atoms with van der Waals surface area (Å²) < 4.78 is 13.8. The van der Waals surface area contributed by atoms with Gasteiger partial charge in [-0.25, -0.2) is 4.39 Å². The largest absolute Gasteiger partial charge is 0.349 e. The van der Waals surface area contributed by atoms with Crippen molar-refractivity contribution in [2.45, 2.75) is 38.6 Å². The Balaban J connectivity index is 1.31. The molecule has 2 aliphatic heterocycles. The second-order valence-electron chi connectivity index (χ2n) is 8.02. The highest BCUT2D eigenvalue weighted by molar-refractivity contribution is 5.94. The summed E-state index contributed by atoms with van der Waals surface area (Å²) in [6.07, 6.45) is 4.34. The van der Waals surface area contributed by atoms with E-state index in [0.717, 1.165) is 30.9 Å². The quantitative estimate of drug-likeness (QED) is 0.758. The van der Waals surface area contributed by atoms with Crippen LogP contribution in [0.25, 0.3) is 0 Å². The van der Waals surface area contributed by atoms with Crippen LogP contribution in [0.15, 0.2) is 24.3 Å². The minimum Gasteiger partial charge on any atom is -0.349 e. The van der Waals surface area contributed by atoms with Gasteiger partial charge in [0.1, 0.15) is 5.82 Å². The molecule has 0 spiro atoms. The minimum atomic E-state index is -0.367. The number of rotatable bonds is 6. The Morgan fingerprint density at radius 1 is 1.13 bits per heavy atom. The van der Waals surface area contributed by atoms with Crippen LogP contribution < -0.4 is 5.32 Å². The van der Waals surface area contributed by atoms with Gasteiger partial charge in [0.15, 0.2) is 5.69 Å². The van der Waals surface area contributed by atoms with E-state index in [4.69, 9.17) is 0 Å². The van der Waals surface area contributed by atoms with Crippen molar-refractivity contribution in [2.24, 2.45) is 0 Å². The number of hydrogen-bond acceptors (Lipinski definition) is 4. The molecule has 2 aromatic rings. The summed E-state index contributed by atoms with van der Waals surface area (Å²) in [6.45, 7) is 4.52. The molecule has 0 radical (unpaired) electrons. The van der Waals surface area contributed by atoms with Crippen LogP contribution in [0.5, 0.6) is 0 Å². The summed E-state index contributed by atoms with van der Waals surface area (Å²) in [5.41, 5.74) is 2.47. The number of nitrogens with one attached hydrogen (secondary N) is 2. The first-order valence-corrected chi connectivity index (χ1v) is 10.7. The van der Waals surface area contributed by atoms with Crippen LogP contribution in [-0.2, 0) is 24.2 Å². The molecule has 0 saturated carbocycles. The highest BCUT2D eigenvalue weighted by atomic mass is 19.1. The molecule has 2 aliphatic rings. The second-order valence-corrected chi connectivity index (χ2v) is 8.02. The predicted octanol–water partition coefficient (Wildman–Crippen LogP) is 1.89. The standard InChI is InChI=1S/C22H28FN5O2/c23-18-7-3-2-6-16(18)14-20(29)28-12-8-17-19(15-28)25-26-21(17)22(30)24-9-13-27-10-4-1-5-11-27/h2-3,6-7H,1,4-5,8-15H2,(H,24,30)(H,25,26). The Hall–Kier alpha value is -2.74. The van der Waals surface area contributed by atoms with E-state index in [1.54, 1.807) is 23.1 Å². The van der Waals surface area contributed by atoms with Gasteiger partial charge in [0.05, 0.1) is 18.7 Å². The third kappa shape index (κ3) is 4.70. The molecule has 1 aromatic heterocycles. The number of halogens is 1. The molecule has 160 valence electrons. The van der Waals surface area contributed by atoms with E-state index in [9.17, 15) is 14.0 Å². The molecule has 2 N–H and O–H groups in total. The number of likely N-dealkylation sites (tertiary alicyclic amines) is 1. The Kier molecular flexibility index (Phi) is 6.42. The van der Waals surface area contributed by atoms with Crippen LogP contribution in [0.4, 0.5) is 4.39 Å². The molecular formula is C22H28FN5O2. The molecule has 2 amide bonds. The van der Waals surface area contributed by atoms with E-state index in [2.05, 4.69) is 20.4 Å². The lowest BCUT2D eigenvalue weighted by molar-refractivity contribution is -0.131. The number of aromatic amines is 1. The number of H-pyrrole nitrogens is 1. The molecule has 30 heavy (non-hydrogen) atoms. The first kappa shape index (κ1) is 20.5. The molecule has 7 nitrogen and oxygen atoms in total. The fraction of sp³-hybridized carbons (Fsp3) is 0.500. The summed E-state index contributed by atoms with van der Waals surface area (Å²) >= 11 is 0. The fourth-order valence-electron chi connectivity index (χ4n) is 4.23. The van der Waals surface area contributed by atoms with Crippen molar-refractivity contribution in [1.82, 2.24) is 25.3 Å². The van der Waals surface area contributed by atoms with Gasteiger partial charge in [-0.3, -0.25) is 14.7 Å². The van der Waals surface area contributed by atoms with Gasteiger partial charge in [0.25, 0.3) is 5.91 Å². The van der Waals surface area contributed by atoms with E-state index >= 15 is 0 Å². The third-order valence-corrected chi connectivity index (χ3v) is 5.96. The van der Waals surface area contributed by atoms with E-state index in [1.807, 2.05) is 0 Å². The summed E-state index contributed by atoms with van der Waals surface area (Å²) in [6, 6.07) is 6.33. The lowest BCUT2D eigenvalue weighted by atomic mass is 10.0. The highest BCUT2D eigenvalue weighted by Gasteiger charge is 2.27. The zero-order valence-corrected chi connectivity index (χ0v) is 17.1. The molecule has 0 aliphatic carbocycles. The van der Waals surface area contributed by atoms with Crippen molar-refractivity contribution in [3.05, 3.63) is 52.6 Å². The van der Waals surface area contributed by atoms with Gasteiger partial charge in [-0.05, 0) is 44.0 Å². The average molecular weight is 413 g/mol. The first-order chi connectivity index (χ1) is 14.6. The molecule has 0 unspecified atom stereocenters. The van der Waals surface area contributed by atoms with Crippen LogP contribution in [0.1, 0.15) is 46.6 Å². The van der Waals surface area contributed by atoms with Crippen molar-refractivity contribution in [3.8, 4) is 0 Å². The van der Waals surface area contributed by atoms with Crippen LogP contribution in [0.3, 0.4) is 0 Å². The number of nitrogens with zero attached hydrogens (tertiary/aromatic N) is 3. The fourth-order valence-corrected chi connectivity index (χ4v) is 4.23. The van der Waals surface area contributed by atoms with Crippen molar-refractivity contribution in [3.63, 3.8) is 0 Å². The molecule has 1 saturated heterocycles. The third-order valence-electron chi connectivity index (χ3n) is 5.96. The second kappa shape index (κ2) is 9.38. The molecule has 0 bridgehead atoms. The molecule has 1 fully saturated rings. The smallest absolute Gasteiger partial charge is 0.272 e. The van der Waals surface area contributed by atoms with Crippen molar-refractivity contribution in [1.29, 1.82) is 0 Å². The number of amides is 2. The number of hydrogen-bond donors (Lipinski definition) is 2. The normalized spacial score (nSPS) is 16.9. The number of carbonyl (C=O) groups is 2. The van der Waals surface area contributed by atoms with Gasteiger partial charge in [-0.1, -0.05) is 24.6 Å². The van der Waals surface area contributed by atoms with Crippen LogP contribution >= 0.6 is 0 Å². The van der Waals surface area contributed by atoms with Gasteiger partial charge >= 0.3 is 0 Å². The maximum atomic E-state index is 13.8. The summed E-state index contributed by atoms with van der Waals surface area (Å²) in [4.78, 5) is 29.2. The lowest BCUT2D eigenvalue weighted by Crippen LogP contribution is -2.39. The number of piperidine rings is 1. The molecule has 1 aromatic carbocycles. The van der Waals surface area contributed by atoms with Gasteiger partial charge < -0.3 is 15.1 Å². The molecule has 4 rings (SSSR count). The summed E-state index contributed by atoms with van der Waals surface area (Å²) in [5, 5.41) is 10.1. The Labute approximate surface area is 175 Å². The highest BCUT2D eigenvalue weighted by Crippen LogP contribution is 2.21. The van der Waals surface area contributed by atoms with Gasteiger partial charge in [0.2, 0.25) is 5.91 Å². The summed E-state index contributed by atoms with van der Waals surface area (Å²) in [5.74, 6) is -0.669. The average Bonchev–Trinajstić information content (AvgIpc) is 3.19. The van der Waals surface area contributed by atoms with Crippen LogP contribution in [-0.4, -0.2) is 64.5 Å². The van der Waals surface area contributed by atoms with E-state index in [0.29, 0.717) is 37.3 Å². The van der Waals surface area contributed by atoms with E-state index in [-0.39, 0.29) is 24.1 Å². The maximum absolute atomic E-state index is 13.8. The zero-order chi connectivity index (χ0) is 20.9. The van der Waals surface area contributed by atoms with Gasteiger partial charge in [0, 0.05) is 25.2 Å². The topological polar surface area (TPSA) is 81.3 Å². The zero-order valence-electron chi connectivity index (χ0n) is 17.1. The van der Waals surface area contributed by atoms with Crippen LogP contribution in [0.2, 0.25) is 0 Å². The number of aromatic nitrogens is 2. The van der Waals surface area contributed by atoms with Gasteiger partial charge in [-0.15, -0.1) is 0 Å². The first-order valence-electron chi connectivity index (χ1n) is 10.7.